The average Bonchev–Trinajstić information content (AvgIpc) is 2.98. The second-order valence-electron chi connectivity index (χ2n) is 7.16. The van der Waals surface area contributed by atoms with E-state index in [9.17, 15) is 4.79 Å². The molecule has 0 N–H and O–H groups in total. The number of nitrogens with zero attached hydrogens (tertiary/aromatic N) is 3. The van der Waals surface area contributed by atoms with Crippen molar-refractivity contribution in [3.05, 3.63) is 82.7 Å². The van der Waals surface area contributed by atoms with Crippen molar-refractivity contribution in [1.82, 2.24) is 14.5 Å². The second-order valence-corrected chi connectivity index (χ2v) is 7.51. The maximum atomic E-state index is 11.1. The molecular weight excluding hydrogens is 382 g/mol. The van der Waals surface area contributed by atoms with Crippen molar-refractivity contribution in [2.75, 3.05) is 0 Å². The van der Waals surface area contributed by atoms with E-state index in [1.807, 2.05) is 31.0 Å². The van der Waals surface area contributed by atoms with Gasteiger partial charge in [-0.25, -0.2) is 4.98 Å². The lowest BCUT2D eigenvalue weighted by Crippen LogP contribution is -2.16. The normalized spacial score (nSPS) is 14.7. The van der Waals surface area contributed by atoms with E-state index in [1.165, 1.54) is 0 Å². The Balaban J connectivity index is 2.16. The Kier molecular flexibility index (Phi) is 6.23. The van der Waals surface area contributed by atoms with Gasteiger partial charge in [-0.15, -0.1) is 0 Å². The van der Waals surface area contributed by atoms with E-state index in [1.54, 1.807) is 18.4 Å². The number of carbonyl (C=O) groups is 1. The monoisotopic (exact) mass is 407 g/mol. The molecule has 0 atom stereocenters. The second kappa shape index (κ2) is 8.66. The van der Waals surface area contributed by atoms with E-state index in [2.05, 4.69) is 37.1 Å². The van der Waals surface area contributed by atoms with Gasteiger partial charge in [0.25, 0.3) is 0 Å². The predicted octanol–water partition coefficient (Wildman–Crippen LogP) is 5.88. The number of benzene rings is 1. The number of aldehydes is 1. The minimum atomic E-state index is 0.577. The van der Waals surface area contributed by atoms with Crippen LogP contribution >= 0.6 is 11.6 Å². The number of aromatic nitrogens is 2. The fourth-order valence-electron chi connectivity index (χ4n) is 3.50. The topological polar surface area (TPSA) is 38.1 Å². The molecule has 3 rings (SSSR count). The van der Waals surface area contributed by atoms with E-state index in [0.29, 0.717) is 16.4 Å². The first-order valence-electron chi connectivity index (χ1n) is 9.70. The predicted molar refractivity (Wildman–Crippen MR) is 120 cm³/mol. The van der Waals surface area contributed by atoms with Crippen LogP contribution in [-0.4, -0.2) is 20.7 Å². The molecule has 5 heteroatoms. The first kappa shape index (κ1) is 20.9. The molecule has 2 heterocycles. The Morgan fingerprint density at radius 3 is 2.59 bits per heavy atom. The molecule has 0 saturated carbocycles. The molecule has 1 aliphatic heterocycles. The summed E-state index contributed by atoms with van der Waals surface area (Å²) in [6.07, 6.45) is 7.83. The van der Waals surface area contributed by atoms with E-state index in [0.717, 1.165) is 53.0 Å². The number of allylic oxidation sites excluding steroid dienone is 4. The van der Waals surface area contributed by atoms with Crippen molar-refractivity contribution < 1.29 is 4.79 Å². The van der Waals surface area contributed by atoms with Crippen molar-refractivity contribution in [3.8, 4) is 11.3 Å². The number of halogens is 1. The summed E-state index contributed by atoms with van der Waals surface area (Å²) in [5, 5.41) is 0.590. The zero-order valence-corrected chi connectivity index (χ0v) is 18.1. The molecule has 29 heavy (non-hydrogen) atoms. The third-order valence-corrected chi connectivity index (χ3v) is 5.68. The summed E-state index contributed by atoms with van der Waals surface area (Å²) in [7, 11) is 2.03. The molecule has 0 radical (unpaired) electrons. The van der Waals surface area contributed by atoms with Gasteiger partial charge in [-0.1, -0.05) is 55.8 Å². The molecule has 0 amide bonds. The molecule has 0 spiro atoms. The van der Waals surface area contributed by atoms with Gasteiger partial charge >= 0.3 is 0 Å². The van der Waals surface area contributed by atoms with Crippen LogP contribution < -0.4 is 0 Å². The number of carbonyl (C=O) groups excluding carboxylic acids is 1. The Bertz CT molecular complexity index is 1060. The van der Waals surface area contributed by atoms with Crippen molar-refractivity contribution in [3.63, 3.8) is 0 Å². The van der Waals surface area contributed by atoms with Gasteiger partial charge in [0, 0.05) is 35.8 Å². The smallest absolute Gasteiger partial charge is 0.150 e. The molecule has 1 aromatic heterocycles. The van der Waals surface area contributed by atoms with E-state index < -0.39 is 0 Å². The molecule has 0 aliphatic carbocycles. The number of rotatable bonds is 6. The SMILES string of the molecule is C=C1C=C(C=O)C=CN1/C(Cl)=C(\CCC)c1ccccc1-c1nc(C)n(C)c1C. The summed E-state index contributed by atoms with van der Waals surface area (Å²) >= 11 is 6.91. The molecule has 0 bridgehead atoms. The first-order valence-corrected chi connectivity index (χ1v) is 10.1. The van der Waals surface area contributed by atoms with E-state index in [-0.39, 0.29) is 0 Å². The summed E-state index contributed by atoms with van der Waals surface area (Å²) in [5.74, 6) is 0.971. The molecule has 2 aromatic rings. The maximum absolute atomic E-state index is 11.1. The third kappa shape index (κ3) is 3.99. The minimum absolute atomic E-state index is 0.577. The van der Waals surface area contributed by atoms with Crippen LogP contribution in [0.25, 0.3) is 16.8 Å². The van der Waals surface area contributed by atoms with Crippen LogP contribution in [0.3, 0.4) is 0 Å². The van der Waals surface area contributed by atoms with Crippen LogP contribution in [0.4, 0.5) is 0 Å². The minimum Gasteiger partial charge on any atom is -0.335 e. The Hall–Kier alpha value is -2.85. The van der Waals surface area contributed by atoms with Crippen LogP contribution in [0, 0.1) is 13.8 Å². The fraction of sp³-hybridized carbons (Fsp3) is 0.250. The summed E-state index contributed by atoms with van der Waals surface area (Å²) in [6.45, 7) is 10.3. The van der Waals surface area contributed by atoms with Crippen molar-refractivity contribution >= 4 is 23.5 Å². The molecule has 0 unspecified atom stereocenters. The zero-order chi connectivity index (χ0) is 21.1. The van der Waals surface area contributed by atoms with Crippen molar-refractivity contribution in [1.29, 1.82) is 0 Å². The zero-order valence-electron chi connectivity index (χ0n) is 17.4. The molecule has 150 valence electrons. The summed E-state index contributed by atoms with van der Waals surface area (Å²) in [5.41, 5.74) is 6.47. The Morgan fingerprint density at radius 2 is 2.00 bits per heavy atom. The average molecular weight is 408 g/mol. The molecule has 0 saturated heterocycles. The van der Waals surface area contributed by atoms with Gasteiger partial charge in [0.15, 0.2) is 0 Å². The molecule has 1 aromatic carbocycles. The van der Waals surface area contributed by atoms with E-state index in [4.69, 9.17) is 16.6 Å². The molecule has 1 aliphatic rings. The number of hydrogen-bond acceptors (Lipinski definition) is 3. The largest absolute Gasteiger partial charge is 0.335 e. The van der Waals surface area contributed by atoms with E-state index >= 15 is 0 Å². The van der Waals surface area contributed by atoms with Crippen LogP contribution in [0.2, 0.25) is 0 Å². The van der Waals surface area contributed by atoms with Crippen molar-refractivity contribution in [2.45, 2.75) is 33.6 Å². The van der Waals surface area contributed by atoms with Gasteiger partial charge in [-0.3, -0.25) is 4.79 Å². The van der Waals surface area contributed by atoms with Gasteiger partial charge in [0.2, 0.25) is 0 Å². The summed E-state index contributed by atoms with van der Waals surface area (Å²) < 4.78 is 2.10. The number of aryl methyl sites for hydroxylation is 1. The highest BCUT2D eigenvalue weighted by atomic mass is 35.5. The van der Waals surface area contributed by atoms with Gasteiger partial charge in [-0.2, -0.15) is 0 Å². The van der Waals surface area contributed by atoms with Gasteiger partial charge in [0.1, 0.15) is 17.3 Å². The highest BCUT2D eigenvalue weighted by Gasteiger charge is 2.21. The van der Waals surface area contributed by atoms with Crippen LogP contribution in [0.15, 0.2) is 65.6 Å². The fourth-order valence-corrected chi connectivity index (χ4v) is 3.86. The lowest BCUT2D eigenvalue weighted by Gasteiger charge is -2.26. The van der Waals surface area contributed by atoms with Crippen LogP contribution in [0.1, 0.15) is 36.8 Å². The van der Waals surface area contributed by atoms with Crippen molar-refractivity contribution in [2.24, 2.45) is 7.05 Å². The lowest BCUT2D eigenvalue weighted by molar-refractivity contribution is -0.104. The highest BCUT2D eigenvalue weighted by molar-refractivity contribution is 6.32. The molecule has 0 fully saturated rings. The van der Waals surface area contributed by atoms with Crippen LogP contribution in [0.5, 0.6) is 0 Å². The quantitative estimate of drug-likeness (QED) is 0.443. The molecular formula is C24H26ClN3O. The number of imidazole rings is 1. The lowest BCUT2D eigenvalue weighted by atomic mass is 9.94. The van der Waals surface area contributed by atoms with Crippen LogP contribution in [-0.2, 0) is 11.8 Å². The third-order valence-electron chi connectivity index (χ3n) is 5.27. The summed E-state index contributed by atoms with van der Waals surface area (Å²) in [4.78, 5) is 17.7. The number of hydrogen-bond donors (Lipinski definition) is 0. The van der Waals surface area contributed by atoms with Gasteiger partial charge in [-0.05, 0) is 43.6 Å². The van der Waals surface area contributed by atoms with Gasteiger partial charge in [0.05, 0.1) is 5.69 Å². The Morgan fingerprint density at radius 1 is 1.28 bits per heavy atom. The maximum Gasteiger partial charge on any atom is 0.150 e. The highest BCUT2D eigenvalue weighted by Crippen LogP contribution is 2.37. The standard InChI is InChI=1S/C24H26ClN3O/c1-6-9-22(24(25)28-13-12-19(15-29)14-16(28)2)20-10-7-8-11-21(20)23-17(3)27(5)18(4)26-23/h7-8,10-15H,2,6,9H2,1,3-5H3/b24-22+. The summed E-state index contributed by atoms with van der Waals surface area (Å²) in [6, 6.07) is 8.23. The molecule has 4 nitrogen and oxygen atoms in total. The first-order chi connectivity index (χ1) is 13.9. The Labute approximate surface area is 177 Å². The van der Waals surface area contributed by atoms with Gasteiger partial charge < -0.3 is 9.47 Å².